The van der Waals surface area contributed by atoms with Gasteiger partial charge < -0.3 is 19.8 Å². The first-order chi connectivity index (χ1) is 13.4. The molecule has 0 unspecified atom stereocenters. The smallest absolute Gasteiger partial charge is 0.312 e. The number of amides is 1. The standard InChI is InChI=1S/C22H25NO5/c1-28-18-9-5-8-17(12-18)13-20(25)23-11-10-22(21(26)27,19(24)15-23)14-16-6-3-2-4-7-16/h2-9,12,19,24H,10-11,13-15H2,1H3,(H,26,27)/t19-,22-/m1/s1. The number of aliphatic carboxylic acids is 1. The van der Waals surface area contributed by atoms with Gasteiger partial charge in [-0.25, -0.2) is 0 Å². The Hall–Kier alpha value is -2.86. The fourth-order valence-electron chi connectivity index (χ4n) is 3.76. The molecule has 3 rings (SSSR count). The number of rotatable bonds is 6. The van der Waals surface area contributed by atoms with Crippen LogP contribution in [0.3, 0.4) is 0 Å². The second kappa shape index (κ2) is 8.44. The summed E-state index contributed by atoms with van der Waals surface area (Å²) >= 11 is 0. The molecule has 148 valence electrons. The lowest BCUT2D eigenvalue weighted by Gasteiger charge is -2.43. The van der Waals surface area contributed by atoms with Gasteiger partial charge in [0.1, 0.15) is 11.2 Å². The third kappa shape index (κ3) is 4.17. The van der Waals surface area contributed by atoms with Crippen molar-refractivity contribution in [1.82, 2.24) is 4.90 Å². The number of carbonyl (C=O) groups is 2. The van der Waals surface area contributed by atoms with Gasteiger partial charge in [0.25, 0.3) is 0 Å². The fourth-order valence-corrected chi connectivity index (χ4v) is 3.76. The number of ether oxygens (including phenoxy) is 1. The summed E-state index contributed by atoms with van der Waals surface area (Å²) in [6, 6.07) is 16.6. The first-order valence-corrected chi connectivity index (χ1v) is 9.31. The molecule has 1 saturated heterocycles. The molecule has 2 atom stereocenters. The molecule has 0 aromatic heterocycles. The van der Waals surface area contributed by atoms with Crippen molar-refractivity contribution in [2.45, 2.75) is 25.4 Å². The lowest BCUT2D eigenvalue weighted by Crippen LogP contribution is -2.57. The van der Waals surface area contributed by atoms with Crippen LogP contribution in [0.1, 0.15) is 17.5 Å². The van der Waals surface area contributed by atoms with Crippen LogP contribution in [0.25, 0.3) is 0 Å². The Labute approximate surface area is 164 Å². The van der Waals surface area contributed by atoms with Gasteiger partial charge in [-0.15, -0.1) is 0 Å². The number of β-amino-alcohol motifs (C(OH)–C–C–N with tert-alkyl or cyclic N) is 1. The summed E-state index contributed by atoms with van der Waals surface area (Å²) in [4.78, 5) is 26.3. The number of likely N-dealkylation sites (tertiary alicyclic amines) is 1. The Kier molecular flexibility index (Phi) is 5.99. The zero-order valence-corrected chi connectivity index (χ0v) is 15.9. The van der Waals surface area contributed by atoms with E-state index in [1.165, 1.54) is 0 Å². The van der Waals surface area contributed by atoms with Crippen molar-refractivity contribution >= 4 is 11.9 Å². The molecule has 2 aromatic carbocycles. The highest BCUT2D eigenvalue weighted by Gasteiger charge is 2.49. The Morgan fingerprint density at radius 2 is 1.86 bits per heavy atom. The quantitative estimate of drug-likeness (QED) is 0.798. The van der Waals surface area contributed by atoms with Gasteiger partial charge in [-0.1, -0.05) is 42.5 Å². The number of benzene rings is 2. The van der Waals surface area contributed by atoms with Crippen LogP contribution in [0.4, 0.5) is 0 Å². The number of carbonyl (C=O) groups excluding carboxylic acids is 1. The summed E-state index contributed by atoms with van der Waals surface area (Å²) in [6.07, 6.45) is -0.499. The van der Waals surface area contributed by atoms with Crippen molar-refractivity contribution in [2.75, 3.05) is 20.2 Å². The van der Waals surface area contributed by atoms with Crippen molar-refractivity contribution in [3.8, 4) is 5.75 Å². The van der Waals surface area contributed by atoms with Gasteiger partial charge in [0, 0.05) is 13.1 Å². The van der Waals surface area contributed by atoms with E-state index in [0.29, 0.717) is 12.3 Å². The molecule has 0 spiro atoms. The van der Waals surface area contributed by atoms with E-state index in [0.717, 1.165) is 11.1 Å². The molecule has 1 heterocycles. The molecular formula is C22H25NO5. The average molecular weight is 383 g/mol. The van der Waals surface area contributed by atoms with Crippen molar-refractivity contribution < 1.29 is 24.5 Å². The maximum atomic E-state index is 12.7. The summed E-state index contributed by atoms with van der Waals surface area (Å²) in [6.45, 7) is 0.320. The number of carboxylic acid groups (broad SMARTS) is 1. The first-order valence-electron chi connectivity index (χ1n) is 9.31. The predicted octanol–water partition coefficient (Wildman–Crippen LogP) is 2.14. The van der Waals surface area contributed by atoms with Gasteiger partial charge in [0.2, 0.25) is 5.91 Å². The Bertz CT molecular complexity index is 838. The molecule has 0 saturated carbocycles. The minimum atomic E-state index is -1.28. The van der Waals surface area contributed by atoms with Crippen molar-refractivity contribution in [1.29, 1.82) is 0 Å². The SMILES string of the molecule is COc1cccc(CC(=O)N2CC[C@](Cc3ccccc3)(C(=O)O)[C@H](O)C2)c1. The van der Waals surface area contributed by atoms with Crippen LogP contribution in [0.2, 0.25) is 0 Å². The van der Waals surface area contributed by atoms with Crippen LogP contribution in [-0.4, -0.2) is 53.3 Å². The number of methoxy groups -OCH3 is 1. The monoisotopic (exact) mass is 383 g/mol. The minimum Gasteiger partial charge on any atom is -0.497 e. The number of hydrogen-bond acceptors (Lipinski definition) is 4. The van der Waals surface area contributed by atoms with Crippen LogP contribution >= 0.6 is 0 Å². The molecule has 6 nitrogen and oxygen atoms in total. The molecule has 1 fully saturated rings. The molecule has 2 N–H and O–H groups in total. The zero-order chi connectivity index (χ0) is 20.1. The van der Waals surface area contributed by atoms with Gasteiger partial charge in [0.05, 0.1) is 19.6 Å². The molecule has 0 aliphatic carbocycles. The molecule has 1 aliphatic rings. The van der Waals surface area contributed by atoms with E-state index >= 15 is 0 Å². The lowest BCUT2D eigenvalue weighted by atomic mass is 9.71. The molecule has 1 amide bonds. The number of nitrogens with zero attached hydrogens (tertiary/aromatic N) is 1. The third-order valence-corrected chi connectivity index (χ3v) is 5.49. The third-order valence-electron chi connectivity index (χ3n) is 5.49. The summed E-state index contributed by atoms with van der Waals surface area (Å²) < 4.78 is 5.18. The normalized spacial score (nSPS) is 21.9. The number of hydrogen-bond donors (Lipinski definition) is 2. The molecular weight excluding hydrogens is 358 g/mol. The van der Waals surface area contributed by atoms with Crippen LogP contribution in [-0.2, 0) is 22.4 Å². The summed E-state index contributed by atoms with van der Waals surface area (Å²) in [7, 11) is 1.57. The maximum absolute atomic E-state index is 12.7. The highest BCUT2D eigenvalue weighted by Crippen LogP contribution is 2.36. The second-order valence-electron chi connectivity index (χ2n) is 7.26. The highest BCUT2D eigenvalue weighted by molar-refractivity contribution is 5.80. The molecule has 0 radical (unpaired) electrons. The molecule has 0 bridgehead atoms. The van der Waals surface area contributed by atoms with Crippen LogP contribution in [0.5, 0.6) is 5.75 Å². The second-order valence-corrected chi connectivity index (χ2v) is 7.26. The van der Waals surface area contributed by atoms with Crippen molar-refractivity contribution in [3.63, 3.8) is 0 Å². The predicted molar refractivity (Wildman–Crippen MR) is 104 cm³/mol. The zero-order valence-electron chi connectivity index (χ0n) is 15.9. The number of aliphatic hydroxyl groups excluding tert-OH is 1. The van der Waals surface area contributed by atoms with Gasteiger partial charge >= 0.3 is 5.97 Å². The summed E-state index contributed by atoms with van der Waals surface area (Å²) in [5, 5.41) is 20.6. The molecule has 1 aliphatic heterocycles. The number of carboxylic acids is 1. The van der Waals surface area contributed by atoms with E-state index in [2.05, 4.69) is 0 Å². The van der Waals surface area contributed by atoms with E-state index < -0.39 is 17.5 Å². The Morgan fingerprint density at radius 3 is 2.50 bits per heavy atom. The van der Waals surface area contributed by atoms with Gasteiger partial charge in [0.15, 0.2) is 0 Å². The number of aliphatic hydroxyl groups is 1. The summed E-state index contributed by atoms with van der Waals surface area (Å²) in [5.41, 5.74) is 0.395. The van der Waals surface area contributed by atoms with E-state index in [9.17, 15) is 19.8 Å². The van der Waals surface area contributed by atoms with Crippen molar-refractivity contribution in [2.24, 2.45) is 5.41 Å². The van der Waals surface area contributed by atoms with E-state index in [4.69, 9.17) is 4.74 Å². The largest absolute Gasteiger partial charge is 0.497 e. The lowest BCUT2D eigenvalue weighted by molar-refractivity contribution is -0.165. The van der Waals surface area contributed by atoms with Crippen LogP contribution in [0.15, 0.2) is 54.6 Å². The summed E-state index contributed by atoms with van der Waals surface area (Å²) in [5.74, 6) is -0.480. The first kappa shape index (κ1) is 19.9. The average Bonchev–Trinajstić information content (AvgIpc) is 2.70. The maximum Gasteiger partial charge on any atom is 0.312 e. The van der Waals surface area contributed by atoms with E-state index in [-0.39, 0.29) is 31.7 Å². The number of piperidine rings is 1. The van der Waals surface area contributed by atoms with Gasteiger partial charge in [-0.2, -0.15) is 0 Å². The van der Waals surface area contributed by atoms with Crippen LogP contribution in [0, 0.1) is 5.41 Å². The van der Waals surface area contributed by atoms with Gasteiger partial charge in [-0.3, -0.25) is 9.59 Å². The highest BCUT2D eigenvalue weighted by atomic mass is 16.5. The van der Waals surface area contributed by atoms with Crippen molar-refractivity contribution in [3.05, 3.63) is 65.7 Å². The minimum absolute atomic E-state index is 0.0158. The fraction of sp³-hybridized carbons (Fsp3) is 0.364. The van der Waals surface area contributed by atoms with Gasteiger partial charge in [-0.05, 0) is 36.1 Å². The molecule has 28 heavy (non-hydrogen) atoms. The van der Waals surface area contributed by atoms with E-state index in [1.54, 1.807) is 18.1 Å². The topological polar surface area (TPSA) is 87.1 Å². The van der Waals surface area contributed by atoms with Crippen LogP contribution < -0.4 is 4.74 Å². The molecule has 2 aromatic rings. The Morgan fingerprint density at radius 1 is 1.14 bits per heavy atom. The molecule has 6 heteroatoms. The van der Waals surface area contributed by atoms with E-state index in [1.807, 2.05) is 48.5 Å². The Balaban J connectivity index is 1.70.